The van der Waals surface area contributed by atoms with Crippen LogP contribution >= 0.6 is 11.6 Å². The van der Waals surface area contributed by atoms with Crippen molar-refractivity contribution in [2.24, 2.45) is 0 Å². The summed E-state index contributed by atoms with van der Waals surface area (Å²) in [5.41, 5.74) is 0. The first kappa shape index (κ1) is 7.02. The standard InChI is InChI=1S/C4H5ClO3S/c5-3-1-9(7,8)2-4(3)6/h3H,1-2H2. The molecule has 1 unspecified atom stereocenters. The van der Waals surface area contributed by atoms with Crippen LogP contribution in [0.5, 0.6) is 0 Å². The first-order valence-corrected chi connectivity index (χ1v) is 4.64. The number of carbonyl (C=O) groups is 1. The smallest absolute Gasteiger partial charge is 0.166 e. The van der Waals surface area contributed by atoms with E-state index in [-0.39, 0.29) is 17.3 Å². The predicted molar refractivity (Wildman–Crippen MR) is 33.3 cm³/mol. The number of Topliss-reactive ketones (excluding diaryl/α,β-unsaturated/α-hetero) is 1. The molecule has 1 fully saturated rings. The van der Waals surface area contributed by atoms with Crippen LogP contribution in [-0.2, 0) is 14.6 Å². The molecular formula is C4H5ClO3S. The molecule has 0 aromatic heterocycles. The number of rotatable bonds is 0. The highest BCUT2D eigenvalue weighted by atomic mass is 35.5. The molecule has 1 aliphatic rings. The molecule has 9 heavy (non-hydrogen) atoms. The van der Waals surface area contributed by atoms with Gasteiger partial charge in [-0.1, -0.05) is 0 Å². The fourth-order valence-corrected chi connectivity index (χ4v) is 2.81. The summed E-state index contributed by atoms with van der Waals surface area (Å²) < 4.78 is 21.1. The van der Waals surface area contributed by atoms with Crippen LogP contribution in [0.25, 0.3) is 0 Å². The van der Waals surface area contributed by atoms with E-state index in [0.717, 1.165) is 0 Å². The summed E-state index contributed by atoms with van der Waals surface area (Å²) in [6.45, 7) is 0. The molecule has 1 rings (SSSR count). The molecule has 0 N–H and O–H groups in total. The van der Waals surface area contributed by atoms with Crippen molar-refractivity contribution in [1.82, 2.24) is 0 Å². The number of hydrogen-bond donors (Lipinski definition) is 0. The van der Waals surface area contributed by atoms with Crippen molar-refractivity contribution in [1.29, 1.82) is 0 Å². The van der Waals surface area contributed by atoms with Gasteiger partial charge >= 0.3 is 0 Å². The lowest BCUT2D eigenvalue weighted by Crippen LogP contribution is -2.08. The van der Waals surface area contributed by atoms with E-state index in [1.54, 1.807) is 0 Å². The second-order valence-corrected chi connectivity index (χ2v) is 4.62. The molecule has 0 aromatic rings. The third-order valence-corrected chi connectivity index (χ3v) is 3.26. The highest BCUT2D eigenvalue weighted by Crippen LogP contribution is 2.12. The normalized spacial score (nSPS) is 33.0. The summed E-state index contributed by atoms with van der Waals surface area (Å²) in [7, 11) is -3.13. The van der Waals surface area contributed by atoms with Gasteiger partial charge in [-0.15, -0.1) is 11.6 Å². The van der Waals surface area contributed by atoms with Gasteiger partial charge in [0.15, 0.2) is 15.6 Å². The third kappa shape index (κ3) is 1.43. The molecule has 0 amide bonds. The molecule has 0 aromatic carbocycles. The van der Waals surface area contributed by atoms with Crippen molar-refractivity contribution < 1.29 is 13.2 Å². The number of carbonyl (C=O) groups excluding carboxylic acids is 1. The lowest BCUT2D eigenvalue weighted by atomic mass is 10.3. The summed E-state index contributed by atoms with van der Waals surface area (Å²) in [4.78, 5) is 10.5. The van der Waals surface area contributed by atoms with Crippen molar-refractivity contribution in [3.8, 4) is 0 Å². The molecular weight excluding hydrogens is 164 g/mol. The van der Waals surface area contributed by atoms with Crippen molar-refractivity contribution >= 4 is 27.2 Å². The second kappa shape index (κ2) is 1.95. The quantitative estimate of drug-likeness (QED) is 0.462. The summed E-state index contributed by atoms with van der Waals surface area (Å²) in [5, 5.41) is -0.796. The van der Waals surface area contributed by atoms with E-state index in [2.05, 4.69) is 0 Å². The Labute approximate surface area is 57.9 Å². The van der Waals surface area contributed by atoms with Crippen molar-refractivity contribution in [2.75, 3.05) is 11.5 Å². The molecule has 5 heteroatoms. The summed E-state index contributed by atoms with van der Waals surface area (Å²) >= 11 is 5.32. The van der Waals surface area contributed by atoms with Crippen LogP contribution in [0.1, 0.15) is 0 Å². The first-order chi connectivity index (χ1) is 4.01. The topological polar surface area (TPSA) is 51.2 Å². The largest absolute Gasteiger partial charge is 0.297 e. The molecule has 0 radical (unpaired) electrons. The number of alkyl halides is 1. The first-order valence-electron chi connectivity index (χ1n) is 2.38. The second-order valence-electron chi connectivity index (χ2n) is 1.99. The van der Waals surface area contributed by atoms with Gasteiger partial charge in [-0.3, -0.25) is 4.79 Å². The van der Waals surface area contributed by atoms with Gasteiger partial charge in [0.1, 0.15) is 11.1 Å². The Morgan fingerprint density at radius 2 is 2.11 bits per heavy atom. The van der Waals surface area contributed by atoms with E-state index >= 15 is 0 Å². The maximum Gasteiger partial charge on any atom is 0.166 e. The van der Waals surface area contributed by atoms with Crippen molar-refractivity contribution in [3.63, 3.8) is 0 Å². The maximum atomic E-state index is 10.5. The molecule has 0 aliphatic carbocycles. The van der Waals surface area contributed by atoms with Crippen molar-refractivity contribution in [2.45, 2.75) is 5.38 Å². The molecule has 0 saturated carbocycles. The monoisotopic (exact) mass is 168 g/mol. The van der Waals surface area contributed by atoms with Gasteiger partial charge in [0, 0.05) is 0 Å². The van der Waals surface area contributed by atoms with Gasteiger partial charge < -0.3 is 0 Å². The Morgan fingerprint density at radius 1 is 1.56 bits per heavy atom. The molecule has 1 saturated heterocycles. The molecule has 1 heterocycles. The maximum absolute atomic E-state index is 10.5. The van der Waals surface area contributed by atoms with E-state index in [0.29, 0.717) is 0 Å². The van der Waals surface area contributed by atoms with E-state index < -0.39 is 15.2 Å². The van der Waals surface area contributed by atoms with Crippen LogP contribution in [0, 0.1) is 0 Å². The fraction of sp³-hybridized carbons (Fsp3) is 0.750. The number of ketones is 1. The third-order valence-electron chi connectivity index (χ3n) is 1.11. The average molecular weight is 169 g/mol. The lowest BCUT2D eigenvalue weighted by Gasteiger charge is -1.86. The van der Waals surface area contributed by atoms with E-state index in [1.807, 2.05) is 0 Å². The van der Waals surface area contributed by atoms with Crippen LogP contribution in [0.2, 0.25) is 0 Å². The highest BCUT2D eigenvalue weighted by Gasteiger charge is 2.34. The van der Waals surface area contributed by atoms with Gasteiger partial charge in [-0.2, -0.15) is 0 Å². The van der Waals surface area contributed by atoms with Crippen LogP contribution in [-0.4, -0.2) is 31.1 Å². The molecule has 52 valence electrons. The Kier molecular flexibility index (Phi) is 1.52. The van der Waals surface area contributed by atoms with E-state index in [4.69, 9.17) is 11.6 Å². The van der Waals surface area contributed by atoms with Gasteiger partial charge in [0.2, 0.25) is 0 Å². The van der Waals surface area contributed by atoms with Crippen LogP contribution in [0.4, 0.5) is 0 Å². The highest BCUT2D eigenvalue weighted by molar-refractivity contribution is 7.92. The Morgan fingerprint density at radius 3 is 2.22 bits per heavy atom. The van der Waals surface area contributed by atoms with Gasteiger partial charge in [0.05, 0.1) is 5.75 Å². The molecule has 3 nitrogen and oxygen atoms in total. The van der Waals surface area contributed by atoms with Gasteiger partial charge in [-0.05, 0) is 0 Å². The van der Waals surface area contributed by atoms with Gasteiger partial charge in [-0.25, -0.2) is 8.42 Å². The van der Waals surface area contributed by atoms with Crippen LogP contribution in [0.3, 0.4) is 0 Å². The number of halogens is 1. The zero-order valence-electron chi connectivity index (χ0n) is 4.50. The van der Waals surface area contributed by atoms with Crippen molar-refractivity contribution in [3.05, 3.63) is 0 Å². The number of hydrogen-bond acceptors (Lipinski definition) is 3. The van der Waals surface area contributed by atoms with Crippen LogP contribution in [0.15, 0.2) is 0 Å². The predicted octanol–water partition coefficient (Wildman–Crippen LogP) is -0.409. The minimum absolute atomic E-state index is 0.187. The van der Waals surface area contributed by atoms with Gasteiger partial charge in [0.25, 0.3) is 0 Å². The summed E-state index contributed by atoms with van der Waals surface area (Å²) in [6, 6.07) is 0. The van der Waals surface area contributed by atoms with Crippen LogP contribution < -0.4 is 0 Å². The minimum atomic E-state index is -3.13. The zero-order valence-corrected chi connectivity index (χ0v) is 6.07. The van der Waals surface area contributed by atoms with E-state index in [9.17, 15) is 13.2 Å². The lowest BCUT2D eigenvalue weighted by molar-refractivity contribution is -0.115. The number of sulfone groups is 1. The van der Waals surface area contributed by atoms with E-state index in [1.165, 1.54) is 0 Å². The SMILES string of the molecule is O=C1CS(=O)(=O)CC1Cl. The summed E-state index contributed by atoms with van der Waals surface area (Å²) in [6.07, 6.45) is 0. The molecule has 0 spiro atoms. The fourth-order valence-electron chi connectivity index (χ4n) is 0.682. The molecule has 0 bridgehead atoms. The average Bonchev–Trinajstić information content (AvgIpc) is 1.79. The summed E-state index contributed by atoms with van der Waals surface area (Å²) in [5.74, 6) is -0.939. The zero-order chi connectivity index (χ0) is 7.07. The molecule has 1 atom stereocenters. The molecule has 1 aliphatic heterocycles. The Bertz CT molecular complexity index is 230. The Balaban J connectivity index is 2.90. The minimum Gasteiger partial charge on any atom is -0.297 e. The Hall–Kier alpha value is -0.0900.